The first-order valence-electron chi connectivity index (χ1n) is 5.95. The molecule has 1 fully saturated rings. The van der Waals surface area contributed by atoms with E-state index in [9.17, 15) is 4.79 Å². The molecule has 4 nitrogen and oxygen atoms in total. The standard InChI is InChI=1S/C13H18N2O2/c14-11-3-1-2-10(8-11)9-13(16)15-12-4-6-17-7-5-12/h1-3,8,12H,4-7,9,14H2,(H,15,16). The Labute approximate surface area is 101 Å². The summed E-state index contributed by atoms with van der Waals surface area (Å²) in [6.45, 7) is 1.48. The lowest BCUT2D eigenvalue weighted by Gasteiger charge is -2.23. The first kappa shape index (κ1) is 11.9. The van der Waals surface area contributed by atoms with Gasteiger partial charge in [-0.1, -0.05) is 12.1 Å². The van der Waals surface area contributed by atoms with Crippen molar-refractivity contribution in [1.82, 2.24) is 5.32 Å². The number of rotatable bonds is 3. The molecule has 0 saturated carbocycles. The van der Waals surface area contributed by atoms with Gasteiger partial charge in [0.05, 0.1) is 6.42 Å². The molecule has 92 valence electrons. The molecule has 0 spiro atoms. The average Bonchev–Trinajstić information content (AvgIpc) is 2.30. The van der Waals surface area contributed by atoms with Crippen molar-refractivity contribution < 1.29 is 9.53 Å². The highest BCUT2D eigenvalue weighted by molar-refractivity contribution is 5.79. The Morgan fingerprint density at radius 2 is 2.18 bits per heavy atom. The van der Waals surface area contributed by atoms with E-state index in [0.717, 1.165) is 31.6 Å². The van der Waals surface area contributed by atoms with Crippen molar-refractivity contribution in [3.63, 3.8) is 0 Å². The summed E-state index contributed by atoms with van der Waals surface area (Å²) in [5.41, 5.74) is 7.32. The van der Waals surface area contributed by atoms with Crippen molar-refractivity contribution in [3.8, 4) is 0 Å². The SMILES string of the molecule is Nc1cccc(CC(=O)NC2CCOCC2)c1. The van der Waals surface area contributed by atoms with Crippen LogP contribution in [0.1, 0.15) is 18.4 Å². The van der Waals surface area contributed by atoms with Crippen LogP contribution in [0.4, 0.5) is 5.69 Å². The number of amides is 1. The highest BCUT2D eigenvalue weighted by Gasteiger charge is 2.15. The molecule has 0 aliphatic carbocycles. The number of nitrogens with one attached hydrogen (secondary N) is 1. The van der Waals surface area contributed by atoms with Gasteiger partial charge in [0.1, 0.15) is 0 Å². The largest absolute Gasteiger partial charge is 0.399 e. The van der Waals surface area contributed by atoms with Gasteiger partial charge in [0, 0.05) is 24.9 Å². The molecule has 1 heterocycles. The van der Waals surface area contributed by atoms with E-state index in [1.807, 2.05) is 24.3 Å². The predicted octanol–water partition coefficient (Wildman–Crippen LogP) is 1.11. The molecule has 1 aliphatic heterocycles. The van der Waals surface area contributed by atoms with Gasteiger partial charge < -0.3 is 15.8 Å². The zero-order valence-electron chi connectivity index (χ0n) is 9.82. The van der Waals surface area contributed by atoms with Crippen molar-refractivity contribution in [2.45, 2.75) is 25.3 Å². The summed E-state index contributed by atoms with van der Waals surface area (Å²) in [4.78, 5) is 11.8. The summed E-state index contributed by atoms with van der Waals surface area (Å²) in [6, 6.07) is 7.70. The predicted molar refractivity (Wildman–Crippen MR) is 66.5 cm³/mol. The molecule has 1 aromatic carbocycles. The van der Waals surface area contributed by atoms with Gasteiger partial charge in [0.25, 0.3) is 0 Å². The summed E-state index contributed by atoms with van der Waals surface area (Å²) in [6.07, 6.45) is 2.20. The minimum absolute atomic E-state index is 0.0579. The molecule has 3 N–H and O–H groups in total. The molecule has 0 bridgehead atoms. The third kappa shape index (κ3) is 3.75. The zero-order chi connectivity index (χ0) is 12.1. The Hall–Kier alpha value is -1.55. The topological polar surface area (TPSA) is 64.4 Å². The van der Waals surface area contributed by atoms with Crippen LogP contribution < -0.4 is 11.1 Å². The lowest BCUT2D eigenvalue weighted by Crippen LogP contribution is -2.39. The van der Waals surface area contributed by atoms with Crippen LogP contribution in [0.3, 0.4) is 0 Å². The van der Waals surface area contributed by atoms with Gasteiger partial charge in [0.2, 0.25) is 5.91 Å². The van der Waals surface area contributed by atoms with Crippen LogP contribution in [0.2, 0.25) is 0 Å². The van der Waals surface area contributed by atoms with Crippen LogP contribution in [-0.4, -0.2) is 25.2 Å². The minimum atomic E-state index is 0.0579. The molecule has 0 unspecified atom stereocenters. The zero-order valence-corrected chi connectivity index (χ0v) is 9.82. The molecule has 0 aromatic heterocycles. The number of hydrogen-bond donors (Lipinski definition) is 2. The van der Waals surface area contributed by atoms with E-state index in [-0.39, 0.29) is 11.9 Å². The van der Waals surface area contributed by atoms with Gasteiger partial charge in [-0.15, -0.1) is 0 Å². The van der Waals surface area contributed by atoms with Gasteiger partial charge in [-0.05, 0) is 30.5 Å². The Balaban J connectivity index is 1.84. The number of ether oxygens (including phenoxy) is 1. The van der Waals surface area contributed by atoms with Crippen molar-refractivity contribution in [2.75, 3.05) is 18.9 Å². The number of hydrogen-bond acceptors (Lipinski definition) is 3. The lowest BCUT2D eigenvalue weighted by molar-refractivity contribution is -0.121. The Morgan fingerprint density at radius 3 is 2.88 bits per heavy atom. The minimum Gasteiger partial charge on any atom is -0.399 e. The number of carbonyl (C=O) groups excluding carboxylic acids is 1. The Kier molecular flexibility index (Phi) is 3.98. The second-order valence-electron chi connectivity index (χ2n) is 4.38. The molecule has 1 aromatic rings. The molecule has 1 saturated heterocycles. The first-order chi connectivity index (χ1) is 8.24. The maximum Gasteiger partial charge on any atom is 0.224 e. The molecule has 2 rings (SSSR count). The third-order valence-corrected chi connectivity index (χ3v) is 2.90. The summed E-state index contributed by atoms with van der Waals surface area (Å²) in [7, 11) is 0. The highest BCUT2D eigenvalue weighted by atomic mass is 16.5. The summed E-state index contributed by atoms with van der Waals surface area (Å²) in [5, 5.41) is 3.03. The molecular weight excluding hydrogens is 216 g/mol. The Morgan fingerprint density at radius 1 is 1.41 bits per heavy atom. The van der Waals surface area contributed by atoms with E-state index >= 15 is 0 Å². The van der Waals surface area contributed by atoms with E-state index in [4.69, 9.17) is 10.5 Å². The van der Waals surface area contributed by atoms with E-state index in [2.05, 4.69) is 5.32 Å². The van der Waals surface area contributed by atoms with Crippen LogP contribution in [0.25, 0.3) is 0 Å². The highest BCUT2D eigenvalue weighted by Crippen LogP contribution is 2.09. The van der Waals surface area contributed by atoms with Gasteiger partial charge in [0.15, 0.2) is 0 Å². The number of nitrogen functional groups attached to an aromatic ring is 1. The molecule has 0 atom stereocenters. The smallest absolute Gasteiger partial charge is 0.224 e. The average molecular weight is 234 g/mol. The monoisotopic (exact) mass is 234 g/mol. The Bertz CT molecular complexity index is 387. The normalized spacial score (nSPS) is 16.7. The quantitative estimate of drug-likeness (QED) is 0.770. The molecular formula is C13H18N2O2. The van der Waals surface area contributed by atoms with Crippen LogP contribution in [0.5, 0.6) is 0 Å². The maximum absolute atomic E-state index is 11.8. The molecule has 1 aliphatic rings. The fourth-order valence-corrected chi connectivity index (χ4v) is 2.01. The summed E-state index contributed by atoms with van der Waals surface area (Å²) < 4.78 is 5.25. The van der Waals surface area contributed by atoms with E-state index in [1.165, 1.54) is 0 Å². The number of nitrogens with two attached hydrogens (primary N) is 1. The summed E-state index contributed by atoms with van der Waals surface area (Å²) >= 11 is 0. The van der Waals surface area contributed by atoms with Crippen molar-refractivity contribution in [2.24, 2.45) is 0 Å². The van der Waals surface area contributed by atoms with Crippen LogP contribution in [0.15, 0.2) is 24.3 Å². The number of anilines is 1. The van der Waals surface area contributed by atoms with Gasteiger partial charge in [-0.2, -0.15) is 0 Å². The molecule has 0 radical (unpaired) electrons. The van der Waals surface area contributed by atoms with Crippen LogP contribution in [0, 0.1) is 0 Å². The van der Waals surface area contributed by atoms with E-state index in [1.54, 1.807) is 0 Å². The van der Waals surface area contributed by atoms with E-state index in [0.29, 0.717) is 12.1 Å². The van der Waals surface area contributed by atoms with Gasteiger partial charge in [-0.3, -0.25) is 4.79 Å². The fourth-order valence-electron chi connectivity index (χ4n) is 2.01. The van der Waals surface area contributed by atoms with Gasteiger partial charge >= 0.3 is 0 Å². The number of carbonyl (C=O) groups is 1. The lowest BCUT2D eigenvalue weighted by atomic mass is 10.1. The van der Waals surface area contributed by atoms with E-state index < -0.39 is 0 Å². The molecule has 17 heavy (non-hydrogen) atoms. The van der Waals surface area contributed by atoms with Crippen LogP contribution >= 0.6 is 0 Å². The second kappa shape index (κ2) is 5.68. The third-order valence-electron chi connectivity index (χ3n) is 2.90. The van der Waals surface area contributed by atoms with Crippen LogP contribution in [-0.2, 0) is 16.0 Å². The van der Waals surface area contributed by atoms with Crippen molar-refractivity contribution >= 4 is 11.6 Å². The van der Waals surface area contributed by atoms with Crippen molar-refractivity contribution in [1.29, 1.82) is 0 Å². The fraction of sp³-hybridized carbons (Fsp3) is 0.462. The van der Waals surface area contributed by atoms with Crippen molar-refractivity contribution in [3.05, 3.63) is 29.8 Å². The second-order valence-corrected chi connectivity index (χ2v) is 4.38. The first-order valence-corrected chi connectivity index (χ1v) is 5.95. The molecule has 4 heteroatoms. The van der Waals surface area contributed by atoms with Gasteiger partial charge in [-0.25, -0.2) is 0 Å². The molecule has 1 amide bonds. The number of benzene rings is 1. The maximum atomic E-state index is 11.8. The summed E-state index contributed by atoms with van der Waals surface area (Å²) in [5.74, 6) is 0.0579.